The van der Waals surface area contributed by atoms with E-state index in [9.17, 15) is 0 Å². The molecule has 0 aliphatic carbocycles. The number of pyridine rings is 1. The van der Waals surface area contributed by atoms with Crippen molar-refractivity contribution in [2.24, 2.45) is 0 Å². The van der Waals surface area contributed by atoms with Crippen LogP contribution in [0.3, 0.4) is 0 Å². The SMILES string of the molecule is CC(C)(C)c1ccnc(C#Cc2ccccc2)c1. The van der Waals surface area contributed by atoms with Crippen molar-refractivity contribution in [1.82, 2.24) is 4.98 Å². The number of aromatic nitrogens is 1. The third-order valence-electron chi connectivity index (χ3n) is 2.73. The molecule has 2 rings (SSSR count). The normalized spacial score (nSPS) is 10.6. The Morgan fingerprint density at radius 2 is 1.67 bits per heavy atom. The van der Waals surface area contributed by atoms with E-state index in [1.807, 2.05) is 42.6 Å². The fraction of sp³-hybridized carbons (Fsp3) is 0.235. The highest BCUT2D eigenvalue weighted by molar-refractivity contribution is 5.41. The molecular weight excluding hydrogens is 218 g/mol. The van der Waals surface area contributed by atoms with Crippen LogP contribution in [0.5, 0.6) is 0 Å². The molecule has 0 fully saturated rings. The van der Waals surface area contributed by atoms with Gasteiger partial charge in [-0.2, -0.15) is 0 Å². The molecule has 0 saturated heterocycles. The zero-order valence-corrected chi connectivity index (χ0v) is 11.1. The number of hydrogen-bond donors (Lipinski definition) is 0. The molecule has 0 aliphatic rings. The third-order valence-corrected chi connectivity index (χ3v) is 2.73. The summed E-state index contributed by atoms with van der Waals surface area (Å²) in [7, 11) is 0. The molecule has 0 saturated carbocycles. The highest BCUT2D eigenvalue weighted by atomic mass is 14.7. The Morgan fingerprint density at radius 1 is 0.944 bits per heavy atom. The summed E-state index contributed by atoms with van der Waals surface area (Å²) in [5.74, 6) is 6.24. The second-order valence-electron chi connectivity index (χ2n) is 5.30. The minimum Gasteiger partial charge on any atom is -0.248 e. The van der Waals surface area contributed by atoms with Crippen LogP contribution in [-0.4, -0.2) is 4.98 Å². The smallest absolute Gasteiger partial charge is 0.113 e. The monoisotopic (exact) mass is 235 g/mol. The van der Waals surface area contributed by atoms with Crippen molar-refractivity contribution in [2.45, 2.75) is 26.2 Å². The van der Waals surface area contributed by atoms with Crippen molar-refractivity contribution < 1.29 is 0 Å². The van der Waals surface area contributed by atoms with Gasteiger partial charge in [-0.05, 0) is 41.2 Å². The minimum atomic E-state index is 0.131. The van der Waals surface area contributed by atoms with Crippen molar-refractivity contribution >= 4 is 0 Å². The number of rotatable bonds is 0. The zero-order valence-electron chi connectivity index (χ0n) is 11.1. The lowest BCUT2D eigenvalue weighted by atomic mass is 9.87. The van der Waals surface area contributed by atoms with Gasteiger partial charge in [-0.15, -0.1) is 0 Å². The van der Waals surface area contributed by atoms with Crippen molar-refractivity contribution in [3.63, 3.8) is 0 Å². The molecule has 1 nitrogen and oxygen atoms in total. The summed E-state index contributed by atoms with van der Waals surface area (Å²) in [5, 5.41) is 0. The summed E-state index contributed by atoms with van der Waals surface area (Å²) in [4.78, 5) is 4.29. The predicted octanol–water partition coefficient (Wildman–Crippen LogP) is 3.78. The molecule has 0 radical (unpaired) electrons. The third kappa shape index (κ3) is 3.21. The largest absolute Gasteiger partial charge is 0.248 e. The van der Waals surface area contributed by atoms with Crippen LogP contribution < -0.4 is 0 Å². The van der Waals surface area contributed by atoms with Gasteiger partial charge in [-0.1, -0.05) is 44.9 Å². The number of hydrogen-bond acceptors (Lipinski definition) is 1. The van der Waals surface area contributed by atoms with Crippen LogP contribution >= 0.6 is 0 Å². The van der Waals surface area contributed by atoms with E-state index in [-0.39, 0.29) is 5.41 Å². The Kier molecular flexibility index (Phi) is 3.48. The zero-order chi connectivity index (χ0) is 13.0. The summed E-state index contributed by atoms with van der Waals surface area (Å²) < 4.78 is 0. The van der Waals surface area contributed by atoms with E-state index in [0.717, 1.165) is 11.3 Å². The van der Waals surface area contributed by atoms with E-state index < -0.39 is 0 Å². The van der Waals surface area contributed by atoms with Crippen LogP contribution in [-0.2, 0) is 5.41 Å². The Balaban J connectivity index is 2.29. The standard InChI is InChI=1S/C17H17N/c1-17(2,3)15-11-12-18-16(13-15)10-9-14-7-5-4-6-8-14/h4-8,11-13H,1-3H3. The average Bonchev–Trinajstić information content (AvgIpc) is 2.37. The molecular formula is C17H17N. The second-order valence-corrected chi connectivity index (χ2v) is 5.30. The Labute approximate surface area is 109 Å². The molecule has 18 heavy (non-hydrogen) atoms. The predicted molar refractivity (Wildman–Crippen MR) is 75.4 cm³/mol. The van der Waals surface area contributed by atoms with Crippen molar-refractivity contribution in [3.05, 3.63) is 65.5 Å². The molecule has 0 spiro atoms. The van der Waals surface area contributed by atoms with E-state index in [1.54, 1.807) is 0 Å². The Bertz CT molecular complexity index is 580. The van der Waals surface area contributed by atoms with Crippen LogP contribution in [0.4, 0.5) is 0 Å². The van der Waals surface area contributed by atoms with Crippen LogP contribution in [0.1, 0.15) is 37.6 Å². The van der Waals surface area contributed by atoms with E-state index in [4.69, 9.17) is 0 Å². The van der Waals surface area contributed by atoms with Crippen LogP contribution in [0.25, 0.3) is 0 Å². The molecule has 0 bridgehead atoms. The van der Waals surface area contributed by atoms with Gasteiger partial charge < -0.3 is 0 Å². The molecule has 0 N–H and O–H groups in total. The molecule has 90 valence electrons. The first-order valence-electron chi connectivity index (χ1n) is 6.09. The van der Waals surface area contributed by atoms with Gasteiger partial charge in [0.05, 0.1) is 0 Å². The van der Waals surface area contributed by atoms with E-state index in [0.29, 0.717) is 0 Å². The second kappa shape index (κ2) is 5.06. The molecule has 1 aromatic carbocycles. The highest BCUT2D eigenvalue weighted by Gasteiger charge is 2.13. The Morgan fingerprint density at radius 3 is 2.33 bits per heavy atom. The quantitative estimate of drug-likeness (QED) is 0.633. The fourth-order valence-corrected chi connectivity index (χ4v) is 1.62. The van der Waals surface area contributed by atoms with Crippen molar-refractivity contribution in [3.8, 4) is 11.8 Å². The van der Waals surface area contributed by atoms with E-state index >= 15 is 0 Å². The molecule has 1 heteroatoms. The molecule has 1 heterocycles. The topological polar surface area (TPSA) is 12.9 Å². The lowest BCUT2D eigenvalue weighted by molar-refractivity contribution is 0.589. The molecule has 2 aromatic rings. The highest BCUT2D eigenvalue weighted by Crippen LogP contribution is 2.21. The van der Waals surface area contributed by atoms with Crippen molar-refractivity contribution in [2.75, 3.05) is 0 Å². The van der Waals surface area contributed by atoms with Gasteiger partial charge in [0, 0.05) is 11.8 Å². The Hall–Kier alpha value is -2.07. The molecule has 0 aliphatic heterocycles. The summed E-state index contributed by atoms with van der Waals surface area (Å²) in [5.41, 5.74) is 3.23. The molecule has 1 aromatic heterocycles. The summed E-state index contributed by atoms with van der Waals surface area (Å²) in [6.45, 7) is 6.57. The first kappa shape index (κ1) is 12.4. The summed E-state index contributed by atoms with van der Waals surface area (Å²) in [6.07, 6.45) is 1.83. The summed E-state index contributed by atoms with van der Waals surface area (Å²) >= 11 is 0. The molecule has 0 atom stereocenters. The van der Waals surface area contributed by atoms with Crippen molar-refractivity contribution in [1.29, 1.82) is 0 Å². The van der Waals surface area contributed by atoms with Gasteiger partial charge in [0.2, 0.25) is 0 Å². The summed E-state index contributed by atoms with van der Waals surface area (Å²) in [6, 6.07) is 14.1. The van der Waals surface area contributed by atoms with Gasteiger partial charge in [-0.3, -0.25) is 0 Å². The number of nitrogens with zero attached hydrogens (tertiary/aromatic N) is 1. The fourth-order valence-electron chi connectivity index (χ4n) is 1.62. The number of benzene rings is 1. The maximum Gasteiger partial charge on any atom is 0.113 e. The average molecular weight is 235 g/mol. The van der Waals surface area contributed by atoms with Gasteiger partial charge in [0.1, 0.15) is 5.69 Å². The van der Waals surface area contributed by atoms with Gasteiger partial charge in [0.15, 0.2) is 0 Å². The van der Waals surface area contributed by atoms with Gasteiger partial charge in [0.25, 0.3) is 0 Å². The van der Waals surface area contributed by atoms with Gasteiger partial charge >= 0.3 is 0 Å². The van der Waals surface area contributed by atoms with E-state index in [1.165, 1.54) is 5.56 Å². The lowest BCUT2D eigenvalue weighted by Crippen LogP contribution is -2.11. The maximum absolute atomic E-state index is 4.29. The molecule has 0 unspecified atom stereocenters. The van der Waals surface area contributed by atoms with Gasteiger partial charge in [-0.25, -0.2) is 4.98 Å². The first-order chi connectivity index (χ1) is 8.55. The maximum atomic E-state index is 4.29. The van der Waals surface area contributed by atoms with Crippen LogP contribution in [0.15, 0.2) is 48.7 Å². The van der Waals surface area contributed by atoms with Crippen LogP contribution in [0.2, 0.25) is 0 Å². The first-order valence-corrected chi connectivity index (χ1v) is 6.09. The molecule has 0 amide bonds. The van der Waals surface area contributed by atoms with E-state index in [2.05, 4.69) is 43.7 Å². The minimum absolute atomic E-state index is 0.131. The lowest BCUT2D eigenvalue weighted by Gasteiger charge is -2.18. The van der Waals surface area contributed by atoms with Crippen LogP contribution in [0, 0.1) is 11.8 Å².